The van der Waals surface area contributed by atoms with E-state index in [9.17, 15) is 4.79 Å². The van der Waals surface area contributed by atoms with Crippen molar-refractivity contribution >= 4 is 41.7 Å². The first kappa shape index (κ1) is 21.5. The number of furan rings is 1. The Hall–Kier alpha value is -1.53. The molecule has 2 aromatic rings. The minimum Gasteiger partial charge on any atom is -0.451 e. The maximum absolute atomic E-state index is 12.6. The summed E-state index contributed by atoms with van der Waals surface area (Å²) in [5.74, 6) is 0.284. The van der Waals surface area contributed by atoms with Crippen molar-refractivity contribution in [2.75, 3.05) is 33.7 Å². The highest BCUT2D eigenvalue weighted by molar-refractivity contribution is 5.99. The lowest BCUT2D eigenvalue weighted by Crippen LogP contribution is -2.30. The second kappa shape index (κ2) is 9.82. The van der Waals surface area contributed by atoms with Crippen molar-refractivity contribution < 1.29 is 9.21 Å². The molecule has 0 saturated heterocycles. The molecule has 0 atom stereocenters. The molecule has 0 radical (unpaired) electrons. The lowest BCUT2D eigenvalue weighted by atomic mass is 10.1. The topological polar surface area (TPSA) is 57.5 Å². The summed E-state index contributed by atoms with van der Waals surface area (Å²) < 4.78 is 5.83. The van der Waals surface area contributed by atoms with E-state index in [0.29, 0.717) is 18.8 Å². The fourth-order valence-electron chi connectivity index (χ4n) is 2.86. The van der Waals surface area contributed by atoms with Crippen LogP contribution in [0.25, 0.3) is 11.0 Å². The zero-order valence-electron chi connectivity index (χ0n) is 14.5. The number of fused-ring (bicyclic) bond motifs is 1. The van der Waals surface area contributed by atoms with Crippen molar-refractivity contribution in [3.05, 3.63) is 47.2 Å². The largest absolute Gasteiger partial charge is 0.451 e. The Morgan fingerprint density at radius 3 is 2.72 bits per heavy atom. The number of carbonyl (C=O) groups excluding carboxylic acids is 1. The summed E-state index contributed by atoms with van der Waals surface area (Å²) in [5, 5.41) is 7.27. The normalized spacial score (nSPS) is 13.8. The van der Waals surface area contributed by atoms with Gasteiger partial charge in [-0.1, -0.05) is 29.8 Å². The summed E-state index contributed by atoms with van der Waals surface area (Å²) in [4.78, 5) is 14.6. The molecular formula is C18H25Cl2N3O2. The van der Waals surface area contributed by atoms with Crippen molar-refractivity contribution in [2.45, 2.75) is 13.0 Å². The average Bonchev–Trinajstić information content (AvgIpc) is 2.92. The van der Waals surface area contributed by atoms with Crippen LogP contribution in [-0.4, -0.2) is 44.5 Å². The Morgan fingerprint density at radius 1 is 1.28 bits per heavy atom. The molecule has 0 fully saturated rings. The molecule has 0 aliphatic carbocycles. The van der Waals surface area contributed by atoms with Crippen molar-refractivity contribution in [3.8, 4) is 0 Å². The number of halogens is 2. The average molecular weight is 386 g/mol. The maximum Gasteiger partial charge on any atom is 0.287 e. The fraction of sp³-hybridized carbons (Fsp3) is 0.389. The van der Waals surface area contributed by atoms with E-state index in [0.717, 1.165) is 36.0 Å². The number of amides is 1. The molecule has 7 heteroatoms. The summed E-state index contributed by atoms with van der Waals surface area (Å²) in [6, 6.07) is 7.80. The third-order valence-corrected chi connectivity index (χ3v) is 4.01. The van der Waals surface area contributed by atoms with E-state index in [1.54, 1.807) is 0 Å². The predicted octanol–water partition coefficient (Wildman–Crippen LogP) is 2.99. The number of nitrogens with zero attached hydrogens (tertiary/aromatic N) is 1. The molecule has 5 nitrogen and oxygen atoms in total. The SMILES string of the molecule is CN(C)Cc1c(C(=O)NCC2=CCNCC2)oc2ccccc12.Cl.Cl. The van der Waals surface area contributed by atoms with Gasteiger partial charge in [-0.2, -0.15) is 0 Å². The molecule has 25 heavy (non-hydrogen) atoms. The van der Waals surface area contributed by atoms with Crippen LogP contribution in [0.2, 0.25) is 0 Å². The highest BCUT2D eigenvalue weighted by Gasteiger charge is 2.20. The standard InChI is InChI=1S/C18H23N3O2.2ClH/c1-21(2)12-15-14-5-3-4-6-16(14)23-17(15)18(22)20-11-13-7-9-19-10-8-13;;/h3-7,19H,8-12H2,1-2H3,(H,20,22);2*1H. The number of rotatable bonds is 5. The molecule has 1 amide bonds. The van der Waals surface area contributed by atoms with Crippen LogP contribution in [-0.2, 0) is 6.54 Å². The van der Waals surface area contributed by atoms with Gasteiger partial charge < -0.3 is 20.0 Å². The number of benzene rings is 1. The fourth-order valence-corrected chi connectivity index (χ4v) is 2.86. The van der Waals surface area contributed by atoms with E-state index in [4.69, 9.17) is 4.42 Å². The summed E-state index contributed by atoms with van der Waals surface area (Å²) >= 11 is 0. The van der Waals surface area contributed by atoms with Gasteiger partial charge in [0, 0.05) is 30.6 Å². The first-order chi connectivity index (χ1) is 11.1. The maximum atomic E-state index is 12.6. The molecule has 2 N–H and O–H groups in total. The first-order valence-electron chi connectivity index (χ1n) is 7.97. The van der Waals surface area contributed by atoms with Gasteiger partial charge in [0.25, 0.3) is 5.91 Å². The summed E-state index contributed by atoms with van der Waals surface area (Å²) in [5.41, 5.74) is 2.97. The van der Waals surface area contributed by atoms with Gasteiger partial charge in [0.15, 0.2) is 5.76 Å². The first-order valence-corrected chi connectivity index (χ1v) is 7.97. The molecule has 2 heterocycles. The van der Waals surface area contributed by atoms with Crippen LogP contribution >= 0.6 is 24.8 Å². The van der Waals surface area contributed by atoms with E-state index >= 15 is 0 Å². The summed E-state index contributed by atoms with van der Waals surface area (Å²) in [6.07, 6.45) is 3.12. The molecule has 1 aliphatic heterocycles. The van der Waals surface area contributed by atoms with E-state index in [-0.39, 0.29) is 30.7 Å². The second-order valence-corrected chi connectivity index (χ2v) is 6.14. The van der Waals surface area contributed by atoms with Gasteiger partial charge >= 0.3 is 0 Å². The van der Waals surface area contributed by atoms with Gasteiger partial charge in [0.2, 0.25) is 0 Å². The van der Waals surface area contributed by atoms with Gasteiger partial charge in [-0.3, -0.25) is 4.79 Å². The van der Waals surface area contributed by atoms with Gasteiger partial charge in [-0.15, -0.1) is 24.8 Å². The molecule has 0 spiro atoms. The molecule has 1 aromatic carbocycles. The Bertz CT molecular complexity index is 741. The van der Waals surface area contributed by atoms with Crippen LogP contribution in [0.15, 0.2) is 40.3 Å². The smallest absolute Gasteiger partial charge is 0.287 e. The molecule has 138 valence electrons. The minimum atomic E-state index is -0.141. The predicted molar refractivity (Wildman–Crippen MR) is 106 cm³/mol. The van der Waals surface area contributed by atoms with Gasteiger partial charge in [0.05, 0.1) is 0 Å². The van der Waals surface area contributed by atoms with Crippen LogP contribution in [0, 0.1) is 0 Å². The van der Waals surface area contributed by atoms with Gasteiger partial charge in [0.1, 0.15) is 5.58 Å². The summed E-state index contributed by atoms with van der Waals surface area (Å²) in [6.45, 7) is 3.10. The number of para-hydroxylation sites is 1. The van der Waals surface area contributed by atoms with Crippen molar-refractivity contribution in [1.29, 1.82) is 0 Å². The van der Waals surface area contributed by atoms with Crippen molar-refractivity contribution in [3.63, 3.8) is 0 Å². The van der Waals surface area contributed by atoms with Crippen molar-refractivity contribution in [1.82, 2.24) is 15.5 Å². The van der Waals surface area contributed by atoms with Gasteiger partial charge in [-0.05, 0) is 33.1 Å². The Kier molecular flexibility index (Phi) is 8.45. The van der Waals surface area contributed by atoms with Gasteiger partial charge in [-0.25, -0.2) is 0 Å². The Balaban J connectivity index is 0.00000156. The van der Waals surface area contributed by atoms with Crippen LogP contribution < -0.4 is 10.6 Å². The monoisotopic (exact) mass is 385 g/mol. The highest BCUT2D eigenvalue weighted by atomic mass is 35.5. The van der Waals surface area contributed by atoms with E-state index in [1.807, 2.05) is 43.3 Å². The number of hydrogen-bond donors (Lipinski definition) is 2. The molecule has 1 aromatic heterocycles. The Labute approximate surface area is 160 Å². The molecule has 0 saturated carbocycles. The van der Waals surface area contributed by atoms with Crippen LogP contribution in [0.3, 0.4) is 0 Å². The number of hydrogen-bond acceptors (Lipinski definition) is 4. The van der Waals surface area contributed by atoms with E-state index in [2.05, 4.69) is 16.7 Å². The number of nitrogens with one attached hydrogen (secondary N) is 2. The molecular weight excluding hydrogens is 361 g/mol. The lowest BCUT2D eigenvalue weighted by molar-refractivity contribution is 0.0929. The molecule has 0 unspecified atom stereocenters. The van der Waals surface area contributed by atoms with Crippen molar-refractivity contribution in [2.24, 2.45) is 0 Å². The highest BCUT2D eigenvalue weighted by Crippen LogP contribution is 2.26. The molecule has 3 rings (SSSR count). The quantitative estimate of drug-likeness (QED) is 0.776. The minimum absolute atomic E-state index is 0. The van der Waals surface area contributed by atoms with E-state index in [1.165, 1.54) is 5.57 Å². The zero-order chi connectivity index (χ0) is 16.2. The van der Waals surface area contributed by atoms with E-state index < -0.39 is 0 Å². The third-order valence-electron chi connectivity index (χ3n) is 4.01. The van der Waals surface area contributed by atoms with Crippen LogP contribution in [0.4, 0.5) is 0 Å². The lowest BCUT2D eigenvalue weighted by Gasteiger charge is -2.14. The molecule has 1 aliphatic rings. The summed E-state index contributed by atoms with van der Waals surface area (Å²) in [7, 11) is 3.98. The molecule has 0 bridgehead atoms. The van der Waals surface area contributed by atoms with Crippen LogP contribution in [0.1, 0.15) is 22.5 Å². The zero-order valence-corrected chi connectivity index (χ0v) is 16.1. The second-order valence-electron chi connectivity index (χ2n) is 6.14. The number of carbonyl (C=O) groups is 1. The third kappa shape index (κ3) is 5.22. The van der Waals surface area contributed by atoms with Crippen LogP contribution in [0.5, 0.6) is 0 Å². The Morgan fingerprint density at radius 2 is 2.04 bits per heavy atom.